The van der Waals surface area contributed by atoms with Crippen LogP contribution in [0.25, 0.3) is 0 Å². The number of hydrogen-bond acceptors (Lipinski definition) is 4. The largest absolute Gasteiger partial charge is 0.490 e. The van der Waals surface area contributed by atoms with E-state index in [4.69, 9.17) is 30.5 Å². The van der Waals surface area contributed by atoms with Crippen molar-refractivity contribution < 1.29 is 18.9 Å². The first-order chi connectivity index (χ1) is 9.14. The average Bonchev–Trinajstić information content (AvgIpc) is 3.21. The lowest BCUT2D eigenvalue weighted by atomic mass is 9.78. The van der Waals surface area contributed by atoms with Gasteiger partial charge in [0.1, 0.15) is 24.8 Å². The number of ether oxygens (including phenoxy) is 4. The number of epoxide rings is 1. The van der Waals surface area contributed by atoms with Gasteiger partial charge in [0.2, 0.25) is 0 Å². The molecule has 104 valence electrons. The zero-order chi connectivity index (χ0) is 13.3. The van der Waals surface area contributed by atoms with Crippen LogP contribution in [0.3, 0.4) is 0 Å². The maximum absolute atomic E-state index is 5.84. The first-order valence-corrected chi connectivity index (χ1v) is 6.69. The highest BCUT2D eigenvalue weighted by atomic mass is 35.5. The van der Waals surface area contributed by atoms with Crippen LogP contribution < -0.4 is 4.74 Å². The van der Waals surface area contributed by atoms with Gasteiger partial charge in [0.05, 0.1) is 19.8 Å². The summed E-state index contributed by atoms with van der Waals surface area (Å²) in [5.41, 5.74) is -0.454. The Kier molecular flexibility index (Phi) is 3.43. The van der Waals surface area contributed by atoms with Crippen LogP contribution in [0.4, 0.5) is 0 Å². The van der Waals surface area contributed by atoms with E-state index < -0.39 is 0 Å². The first-order valence-electron chi connectivity index (χ1n) is 6.31. The van der Waals surface area contributed by atoms with Gasteiger partial charge in [-0.05, 0) is 24.3 Å². The van der Waals surface area contributed by atoms with Crippen LogP contribution in [0, 0.1) is 5.41 Å². The molecule has 5 heteroatoms. The van der Waals surface area contributed by atoms with Crippen molar-refractivity contribution in [3.05, 3.63) is 29.3 Å². The van der Waals surface area contributed by atoms with Crippen molar-refractivity contribution in [1.29, 1.82) is 0 Å². The second-order valence-electron chi connectivity index (χ2n) is 5.40. The van der Waals surface area contributed by atoms with Crippen LogP contribution in [-0.2, 0) is 14.2 Å². The van der Waals surface area contributed by atoms with Crippen molar-refractivity contribution in [1.82, 2.24) is 0 Å². The molecular weight excluding hydrogens is 268 g/mol. The van der Waals surface area contributed by atoms with Gasteiger partial charge in [0.25, 0.3) is 0 Å². The summed E-state index contributed by atoms with van der Waals surface area (Å²) in [6.45, 7) is 4.93. The van der Waals surface area contributed by atoms with Crippen molar-refractivity contribution in [2.75, 3.05) is 33.2 Å². The Morgan fingerprint density at radius 2 is 1.79 bits per heavy atom. The van der Waals surface area contributed by atoms with E-state index in [1.165, 1.54) is 0 Å². The van der Waals surface area contributed by atoms with Crippen LogP contribution >= 0.6 is 11.6 Å². The molecule has 2 heterocycles. The van der Waals surface area contributed by atoms with Gasteiger partial charge in [-0.1, -0.05) is 18.5 Å². The van der Waals surface area contributed by atoms with Gasteiger partial charge in [-0.25, -0.2) is 0 Å². The first kappa shape index (κ1) is 13.2. The molecule has 2 aliphatic rings. The molecular formula is C14H17ClO4. The van der Waals surface area contributed by atoms with Crippen LogP contribution in [0.5, 0.6) is 5.75 Å². The fraction of sp³-hybridized carbons (Fsp3) is 0.571. The molecule has 2 aliphatic heterocycles. The summed E-state index contributed by atoms with van der Waals surface area (Å²) in [6, 6.07) is 7.33. The third-order valence-electron chi connectivity index (χ3n) is 3.89. The van der Waals surface area contributed by atoms with Gasteiger partial charge >= 0.3 is 0 Å². The minimum Gasteiger partial charge on any atom is -0.490 e. The molecule has 1 aromatic carbocycles. The molecule has 2 fully saturated rings. The van der Waals surface area contributed by atoms with Crippen LogP contribution in [-0.4, -0.2) is 38.8 Å². The quantitative estimate of drug-likeness (QED) is 0.797. The molecule has 1 atom stereocenters. The lowest BCUT2D eigenvalue weighted by molar-refractivity contribution is -0.182. The van der Waals surface area contributed by atoms with Crippen LogP contribution in [0.2, 0.25) is 5.02 Å². The number of benzene rings is 1. The lowest BCUT2D eigenvalue weighted by Gasteiger charge is -2.37. The van der Waals surface area contributed by atoms with Gasteiger partial charge in [-0.15, -0.1) is 0 Å². The third-order valence-corrected chi connectivity index (χ3v) is 4.14. The van der Waals surface area contributed by atoms with Gasteiger partial charge in [0, 0.05) is 10.4 Å². The lowest BCUT2D eigenvalue weighted by Crippen LogP contribution is -2.49. The van der Waals surface area contributed by atoms with Crippen molar-refractivity contribution in [2.24, 2.45) is 5.41 Å². The standard InChI is InChI=1S/C14H17ClO4/c1-13(6-16-10-17-7-13)14(9-19-14)8-18-12-4-2-11(15)3-5-12/h2-5H,6-10H2,1H3. The molecule has 0 N–H and O–H groups in total. The average molecular weight is 285 g/mol. The molecule has 0 aliphatic carbocycles. The molecule has 0 aromatic heterocycles. The number of halogens is 1. The Morgan fingerprint density at radius 1 is 1.16 bits per heavy atom. The van der Waals surface area contributed by atoms with E-state index in [-0.39, 0.29) is 11.0 Å². The fourth-order valence-electron chi connectivity index (χ4n) is 2.32. The highest BCUT2D eigenvalue weighted by Gasteiger charge is 2.61. The summed E-state index contributed by atoms with van der Waals surface area (Å²) < 4.78 is 22.3. The zero-order valence-electron chi connectivity index (χ0n) is 10.9. The smallest absolute Gasteiger partial charge is 0.146 e. The predicted molar refractivity (Wildman–Crippen MR) is 70.5 cm³/mol. The van der Waals surface area contributed by atoms with Crippen molar-refractivity contribution in [3.8, 4) is 5.75 Å². The van der Waals surface area contributed by atoms with Crippen LogP contribution in [0.15, 0.2) is 24.3 Å². The van der Waals surface area contributed by atoms with E-state index in [0.717, 1.165) is 5.75 Å². The Hall–Kier alpha value is -0.810. The maximum atomic E-state index is 5.84. The summed E-state index contributed by atoms with van der Waals surface area (Å²) in [4.78, 5) is 0. The number of hydrogen-bond donors (Lipinski definition) is 0. The van der Waals surface area contributed by atoms with Gasteiger partial charge in [-0.2, -0.15) is 0 Å². The topological polar surface area (TPSA) is 40.2 Å². The van der Waals surface area contributed by atoms with E-state index in [9.17, 15) is 0 Å². The molecule has 0 saturated carbocycles. The normalized spacial score (nSPS) is 28.9. The molecule has 0 spiro atoms. The fourth-order valence-corrected chi connectivity index (χ4v) is 2.45. The highest BCUT2D eigenvalue weighted by molar-refractivity contribution is 6.30. The van der Waals surface area contributed by atoms with Crippen molar-refractivity contribution >= 4 is 11.6 Å². The van der Waals surface area contributed by atoms with E-state index >= 15 is 0 Å². The summed E-state index contributed by atoms with van der Waals surface area (Å²) >= 11 is 5.84. The SMILES string of the molecule is CC1(C2(COc3ccc(Cl)cc3)CO2)COCOC1. The predicted octanol–water partition coefficient (Wildman–Crippen LogP) is 2.50. The Labute approximate surface area is 117 Å². The summed E-state index contributed by atoms with van der Waals surface area (Å²) in [6.07, 6.45) is 0. The Balaban J connectivity index is 1.64. The molecule has 2 saturated heterocycles. The number of rotatable bonds is 4. The van der Waals surface area contributed by atoms with E-state index in [1.54, 1.807) is 0 Å². The third kappa shape index (κ3) is 2.58. The van der Waals surface area contributed by atoms with E-state index in [2.05, 4.69) is 6.92 Å². The summed E-state index contributed by atoms with van der Waals surface area (Å²) in [5.74, 6) is 0.792. The van der Waals surface area contributed by atoms with Gasteiger partial charge < -0.3 is 18.9 Å². The monoisotopic (exact) mass is 284 g/mol. The molecule has 19 heavy (non-hydrogen) atoms. The summed E-state index contributed by atoms with van der Waals surface area (Å²) in [5, 5.41) is 0.700. The van der Waals surface area contributed by atoms with Gasteiger partial charge in [0.15, 0.2) is 0 Å². The minimum absolute atomic E-state index is 0.155. The molecule has 3 rings (SSSR count). The molecule has 0 amide bonds. The zero-order valence-corrected chi connectivity index (χ0v) is 11.6. The van der Waals surface area contributed by atoms with Gasteiger partial charge in [-0.3, -0.25) is 0 Å². The summed E-state index contributed by atoms with van der Waals surface area (Å²) in [7, 11) is 0. The molecule has 0 radical (unpaired) electrons. The molecule has 1 unspecified atom stereocenters. The van der Waals surface area contributed by atoms with E-state index in [0.29, 0.717) is 38.2 Å². The molecule has 0 bridgehead atoms. The minimum atomic E-state index is -0.299. The second kappa shape index (κ2) is 4.94. The van der Waals surface area contributed by atoms with Crippen molar-refractivity contribution in [3.63, 3.8) is 0 Å². The maximum Gasteiger partial charge on any atom is 0.146 e. The molecule has 4 nitrogen and oxygen atoms in total. The Bertz CT molecular complexity index is 435. The van der Waals surface area contributed by atoms with Crippen LogP contribution in [0.1, 0.15) is 6.92 Å². The highest BCUT2D eigenvalue weighted by Crippen LogP contribution is 2.46. The van der Waals surface area contributed by atoms with E-state index in [1.807, 2.05) is 24.3 Å². The second-order valence-corrected chi connectivity index (χ2v) is 5.84. The molecule has 1 aromatic rings. The van der Waals surface area contributed by atoms with Crippen molar-refractivity contribution in [2.45, 2.75) is 12.5 Å². The Morgan fingerprint density at radius 3 is 2.37 bits per heavy atom.